The van der Waals surface area contributed by atoms with Crippen molar-refractivity contribution in [2.45, 2.75) is 13.0 Å². The summed E-state index contributed by atoms with van der Waals surface area (Å²) in [5.41, 5.74) is -0.475. The van der Waals surface area contributed by atoms with Gasteiger partial charge in [0.1, 0.15) is 5.56 Å². The SMILES string of the molecule is O=C(c1ccccc1[N+](=O)[O-])N(Cc1ccc([N+](=O)[O-])cc1)N1C(=O)[C@@H]2[C@@H](C1=O)[C@H]1C=C[C@H]2C1. The molecule has 11 heteroatoms. The summed E-state index contributed by atoms with van der Waals surface area (Å²) in [5, 5.41) is 24.2. The summed E-state index contributed by atoms with van der Waals surface area (Å²) in [4.78, 5) is 61.5. The monoisotopic (exact) mass is 462 g/mol. The molecule has 1 heterocycles. The fraction of sp³-hybridized carbons (Fsp3) is 0.261. The van der Waals surface area contributed by atoms with Gasteiger partial charge in [-0.1, -0.05) is 36.4 Å². The molecular weight excluding hydrogens is 444 g/mol. The molecule has 11 nitrogen and oxygen atoms in total. The average Bonchev–Trinajstić information content (AvgIpc) is 3.51. The van der Waals surface area contributed by atoms with E-state index >= 15 is 0 Å². The van der Waals surface area contributed by atoms with Crippen molar-refractivity contribution in [3.8, 4) is 0 Å². The van der Waals surface area contributed by atoms with Gasteiger partial charge in [-0.25, -0.2) is 5.01 Å². The predicted molar refractivity (Wildman–Crippen MR) is 116 cm³/mol. The molecule has 0 aromatic heterocycles. The number of amides is 3. The van der Waals surface area contributed by atoms with Crippen molar-refractivity contribution in [3.63, 3.8) is 0 Å². The molecular formula is C23H18N4O7. The van der Waals surface area contributed by atoms with Crippen molar-refractivity contribution < 1.29 is 24.2 Å². The second-order valence-electron chi connectivity index (χ2n) is 8.55. The van der Waals surface area contributed by atoms with Crippen LogP contribution < -0.4 is 0 Å². The molecule has 1 aliphatic heterocycles. The zero-order chi connectivity index (χ0) is 24.1. The highest BCUT2D eigenvalue weighted by molar-refractivity contribution is 6.09. The van der Waals surface area contributed by atoms with E-state index in [1.165, 1.54) is 48.5 Å². The van der Waals surface area contributed by atoms with Gasteiger partial charge in [0.05, 0.1) is 28.2 Å². The Morgan fingerprint density at radius 3 is 2.06 bits per heavy atom. The van der Waals surface area contributed by atoms with Gasteiger partial charge in [0.25, 0.3) is 29.1 Å². The first-order chi connectivity index (χ1) is 16.3. The molecule has 1 saturated carbocycles. The largest absolute Gasteiger partial charge is 0.282 e. The average molecular weight is 462 g/mol. The fourth-order valence-corrected chi connectivity index (χ4v) is 5.21. The van der Waals surface area contributed by atoms with Crippen LogP contribution in [0.25, 0.3) is 0 Å². The Labute approximate surface area is 192 Å². The van der Waals surface area contributed by atoms with E-state index in [-0.39, 0.29) is 29.6 Å². The highest BCUT2D eigenvalue weighted by Crippen LogP contribution is 2.53. The first kappa shape index (κ1) is 21.4. The molecule has 2 aliphatic carbocycles. The van der Waals surface area contributed by atoms with Crippen molar-refractivity contribution in [1.29, 1.82) is 0 Å². The highest BCUT2D eigenvalue weighted by atomic mass is 16.6. The van der Waals surface area contributed by atoms with Crippen molar-refractivity contribution in [1.82, 2.24) is 10.0 Å². The molecule has 0 unspecified atom stereocenters. The van der Waals surface area contributed by atoms with Gasteiger partial charge in [0.2, 0.25) is 0 Å². The lowest BCUT2D eigenvalue weighted by atomic mass is 9.85. The maximum Gasteiger partial charge on any atom is 0.282 e. The molecule has 2 aromatic carbocycles. The normalized spacial score (nSPS) is 24.4. The van der Waals surface area contributed by atoms with Crippen molar-refractivity contribution in [3.05, 3.63) is 92.0 Å². The van der Waals surface area contributed by atoms with E-state index in [1.54, 1.807) is 0 Å². The number of non-ortho nitro benzene ring substituents is 1. The van der Waals surface area contributed by atoms with Crippen LogP contribution in [0, 0.1) is 43.9 Å². The maximum atomic E-state index is 13.6. The summed E-state index contributed by atoms with van der Waals surface area (Å²) in [7, 11) is 0. The number of hydrazine groups is 1. The summed E-state index contributed by atoms with van der Waals surface area (Å²) < 4.78 is 0. The maximum absolute atomic E-state index is 13.6. The lowest BCUT2D eigenvalue weighted by Gasteiger charge is -2.31. The van der Waals surface area contributed by atoms with Crippen LogP contribution >= 0.6 is 0 Å². The number of fused-ring (bicyclic) bond motifs is 5. The Bertz CT molecular complexity index is 1240. The number of carbonyl (C=O) groups is 3. The number of carbonyl (C=O) groups excluding carboxylic acids is 3. The number of nitro benzene ring substituents is 2. The predicted octanol–water partition coefficient (Wildman–Crippen LogP) is 2.87. The minimum atomic E-state index is -0.882. The van der Waals surface area contributed by atoms with Crippen LogP contribution in [0.2, 0.25) is 0 Å². The molecule has 34 heavy (non-hydrogen) atoms. The first-order valence-electron chi connectivity index (χ1n) is 10.6. The highest BCUT2D eigenvalue weighted by Gasteiger charge is 2.61. The Morgan fingerprint density at radius 1 is 0.912 bits per heavy atom. The van der Waals surface area contributed by atoms with Crippen LogP contribution in [0.4, 0.5) is 11.4 Å². The zero-order valence-corrected chi connectivity index (χ0v) is 17.6. The summed E-state index contributed by atoms with van der Waals surface area (Å²) in [6, 6.07) is 10.6. The fourth-order valence-electron chi connectivity index (χ4n) is 5.21. The van der Waals surface area contributed by atoms with Gasteiger partial charge in [-0.2, -0.15) is 5.01 Å². The van der Waals surface area contributed by atoms with E-state index in [0.29, 0.717) is 12.0 Å². The number of para-hydroxylation sites is 1. The number of allylic oxidation sites excluding steroid dienone is 2. The van der Waals surface area contributed by atoms with E-state index in [4.69, 9.17) is 0 Å². The summed E-state index contributed by atoms with van der Waals surface area (Å²) >= 11 is 0. The van der Waals surface area contributed by atoms with Gasteiger partial charge in [-0.15, -0.1) is 0 Å². The van der Waals surface area contributed by atoms with E-state index in [9.17, 15) is 34.6 Å². The number of hydrogen-bond acceptors (Lipinski definition) is 7. The molecule has 172 valence electrons. The first-order valence-corrected chi connectivity index (χ1v) is 10.6. The number of nitrogens with zero attached hydrogens (tertiary/aromatic N) is 4. The Morgan fingerprint density at radius 2 is 1.50 bits per heavy atom. The molecule has 0 radical (unpaired) electrons. The van der Waals surface area contributed by atoms with Crippen molar-refractivity contribution >= 4 is 29.1 Å². The third kappa shape index (κ3) is 3.24. The van der Waals surface area contributed by atoms with Crippen molar-refractivity contribution in [2.24, 2.45) is 23.7 Å². The van der Waals surface area contributed by atoms with Gasteiger partial charge in [-0.05, 0) is 29.9 Å². The molecule has 4 atom stereocenters. The van der Waals surface area contributed by atoms with Crippen LogP contribution in [0.3, 0.4) is 0 Å². The van der Waals surface area contributed by atoms with Crippen LogP contribution in [-0.4, -0.2) is 37.6 Å². The standard InChI is InChI=1S/C23H18N4O7/c28-21(17-3-1-2-4-18(17)27(33)34)24(12-13-5-9-16(10-6-13)26(31)32)25-22(29)19-14-7-8-15(11-14)20(19)23(25)30/h1-10,14-15,19-20H,11-12H2/t14-,15-,19-,20-/m0/s1. The number of nitro groups is 2. The number of imide groups is 1. The Hall–Kier alpha value is -4.41. The van der Waals surface area contributed by atoms with Gasteiger partial charge in [-0.3, -0.25) is 34.6 Å². The number of hydrogen-bond donors (Lipinski definition) is 0. The summed E-state index contributed by atoms with van der Waals surface area (Å²) in [6.45, 7) is -0.275. The van der Waals surface area contributed by atoms with Gasteiger partial charge < -0.3 is 0 Å². The molecule has 5 rings (SSSR count). The van der Waals surface area contributed by atoms with E-state index in [2.05, 4.69) is 0 Å². The number of rotatable bonds is 6. The lowest BCUT2D eigenvalue weighted by molar-refractivity contribution is -0.385. The molecule has 2 bridgehead atoms. The molecule has 3 aliphatic rings. The van der Waals surface area contributed by atoms with Crippen LogP contribution in [0.1, 0.15) is 22.3 Å². The quantitative estimate of drug-likeness (QED) is 0.278. The summed E-state index contributed by atoms with van der Waals surface area (Å²) in [6.07, 6.45) is 4.55. The molecule has 0 spiro atoms. The second-order valence-corrected chi connectivity index (χ2v) is 8.55. The van der Waals surface area contributed by atoms with E-state index in [1.807, 2.05) is 12.2 Å². The van der Waals surface area contributed by atoms with Crippen LogP contribution in [0.15, 0.2) is 60.7 Å². The van der Waals surface area contributed by atoms with E-state index < -0.39 is 45.1 Å². The van der Waals surface area contributed by atoms with Crippen LogP contribution in [-0.2, 0) is 16.1 Å². The zero-order valence-electron chi connectivity index (χ0n) is 17.6. The topological polar surface area (TPSA) is 144 Å². The molecule has 2 fully saturated rings. The Kier molecular flexibility index (Phi) is 4.96. The second kappa shape index (κ2) is 7.87. The van der Waals surface area contributed by atoms with Gasteiger partial charge >= 0.3 is 0 Å². The smallest absolute Gasteiger partial charge is 0.272 e. The molecule has 3 amide bonds. The Balaban J connectivity index is 1.54. The van der Waals surface area contributed by atoms with E-state index in [0.717, 1.165) is 10.0 Å². The van der Waals surface area contributed by atoms with Gasteiger partial charge in [0.15, 0.2) is 0 Å². The minimum Gasteiger partial charge on any atom is -0.272 e. The minimum absolute atomic E-state index is 0.0844. The third-order valence-corrected chi connectivity index (χ3v) is 6.73. The van der Waals surface area contributed by atoms with Crippen molar-refractivity contribution in [2.75, 3.05) is 0 Å². The van der Waals surface area contributed by atoms with Crippen LogP contribution in [0.5, 0.6) is 0 Å². The molecule has 1 saturated heterocycles. The molecule has 0 N–H and O–H groups in total. The van der Waals surface area contributed by atoms with Gasteiger partial charge in [0, 0.05) is 18.2 Å². The molecule has 2 aromatic rings. The third-order valence-electron chi connectivity index (χ3n) is 6.73. The lowest BCUT2D eigenvalue weighted by Crippen LogP contribution is -2.50. The summed E-state index contributed by atoms with van der Waals surface area (Å²) in [5.74, 6) is -3.22. The number of benzene rings is 2.